The molecule has 146 valence electrons. The number of carboxylic acid groups (broad SMARTS) is 1. The number of hydrogen-bond donors (Lipinski definition) is 2. The van der Waals surface area contributed by atoms with Gasteiger partial charge in [-0.2, -0.15) is 0 Å². The number of ether oxygens (including phenoxy) is 1. The molecule has 26 heavy (non-hydrogen) atoms. The van der Waals surface area contributed by atoms with Crippen LogP contribution in [0.5, 0.6) is 5.75 Å². The van der Waals surface area contributed by atoms with Crippen molar-refractivity contribution < 1.29 is 36.2 Å². The zero-order valence-corrected chi connectivity index (χ0v) is 14.7. The minimum atomic E-state index is -5.01. The van der Waals surface area contributed by atoms with Gasteiger partial charge in [-0.05, 0) is 31.5 Å². The maximum atomic E-state index is 12.4. The van der Waals surface area contributed by atoms with Gasteiger partial charge in [0.25, 0.3) is 0 Å². The van der Waals surface area contributed by atoms with Gasteiger partial charge in [0.05, 0.1) is 6.54 Å². The van der Waals surface area contributed by atoms with Crippen LogP contribution in [-0.4, -0.2) is 55.9 Å². The first kappa shape index (κ1) is 20.5. The van der Waals surface area contributed by atoms with Gasteiger partial charge in [-0.3, -0.25) is 9.69 Å². The molecule has 2 N–H and O–H groups in total. The Bertz CT molecular complexity index is 748. The van der Waals surface area contributed by atoms with Crippen LogP contribution in [0.2, 0.25) is 0 Å². The maximum absolute atomic E-state index is 12.4. The van der Waals surface area contributed by atoms with Gasteiger partial charge in [0.2, 0.25) is 10.0 Å². The third-order valence-corrected chi connectivity index (χ3v) is 5.62. The Morgan fingerprint density at radius 3 is 2.50 bits per heavy atom. The second-order valence-electron chi connectivity index (χ2n) is 5.89. The van der Waals surface area contributed by atoms with Crippen molar-refractivity contribution in [3.8, 4) is 5.75 Å². The van der Waals surface area contributed by atoms with Gasteiger partial charge in [-0.15, -0.1) is 13.2 Å². The normalized spacial score (nSPS) is 20.7. The van der Waals surface area contributed by atoms with Crippen LogP contribution in [-0.2, 0) is 14.8 Å². The molecular formula is C15H19F3N2O5S. The minimum absolute atomic E-state index is 0.0922. The van der Waals surface area contributed by atoms with Crippen LogP contribution in [0.25, 0.3) is 0 Å². The predicted octanol–water partition coefficient (Wildman–Crippen LogP) is 1.80. The van der Waals surface area contributed by atoms with Gasteiger partial charge in [-0.1, -0.05) is 19.1 Å². The van der Waals surface area contributed by atoms with Gasteiger partial charge >= 0.3 is 12.3 Å². The summed E-state index contributed by atoms with van der Waals surface area (Å²) in [4.78, 5) is 11.9. The van der Waals surface area contributed by atoms with Crippen LogP contribution in [0.4, 0.5) is 13.2 Å². The number of carboxylic acids is 1. The van der Waals surface area contributed by atoms with Crippen LogP contribution in [0.3, 0.4) is 0 Å². The number of sulfonamides is 1. The van der Waals surface area contributed by atoms with Crippen LogP contribution in [0, 0.1) is 0 Å². The Balaban J connectivity index is 2.04. The Morgan fingerprint density at radius 1 is 1.35 bits per heavy atom. The summed E-state index contributed by atoms with van der Waals surface area (Å²) in [6.07, 6.45) is -4.25. The number of halogens is 3. The van der Waals surface area contributed by atoms with E-state index >= 15 is 0 Å². The van der Waals surface area contributed by atoms with E-state index in [1.165, 1.54) is 12.1 Å². The number of alkyl halides is 3. The Hall–Kier alpha value is -1.85. The van der Waals surface area contributed by atoms with Crippen molar-refractivity contribution in [3.05, 3.63) is 24.3 Å². The smallest absolute Gasteiger partial charge is 0.480 e. The molecule has 0 heterocycles. The van der Waals surface area contributed by atoms with Crippen molar-refractivity contribution >= 4 is 16.0 Å². The standard InChI is InChI=1S/C15H19F3N2O5S/c1-2-20(9-14(21)22)11-7-10(8-11)19-26(23,24)13-6-4-3-5-12(13)25-15(16,17)18/h3-6,10-11,19H,2,7-9H2,1H3,(H,21,22). The second-order valence-corrected chi connectivity index (χ2v) is 7.58. The molecule has 1 aromatic carbocycles. The summed E-state index contributed by atoms with van der Waals surface area (Å²) >= 11 is 0. The highest BCUT2D eigenvalue weighted by Gasteiger charge is 2.38. The third kappa shape index (κ3) is 5.32. The predicted molar refractivity (Wildman–Crippen MR) is 85.1 cm³/mol. The van der Waals surface area contributed by atoms with E-state index in [-0.39, 0.29) is 12.6 Å². The molecule has 7 nitrogen and oxygen atoms in total. The molecule has 1 aliphatic rings. The monoisotopic (exact) mass is 396 g/mol. The van der Waals surface area contributed by atoms with Crippen LogP contribution in [0.1, 0.15) is 19.8 Å². The number of nitrogens with one attached hydrogen (secondary N) is 1. The second kappa shape index (κ2) is 7.80. The fourth-order valence-electron chi connectivity index (χ4n) is 2.82. The summed E-state index contributed by atoms with van der Waals surface area (Å²) < 4.78 is 68.3. The fourth-order valence-corrected chi connectivity index (χ4v) is 4.21. The van der Waals surface area contributed by atoms with Crippen molar-refractivity contribution in [2.24, 2.45) is 0 Å². The SMILES string of the molecule is CCN(CC(=O)O)C1CC(NS(=O)(=O)c2ccccc2OC(F)(F)F)C1. The molecule has 0 bridgehead atoms. The average molecular weight is 396 g/mol. The molecule has 0 saturated heterocycles. The number of carbonyl (C=O) groups is 1. The van der Waals surface area contributed by atoms with E-state index in [2.05, 4.69) is 9.46 Å². The largest absolute Gasteiger partial charge is 0.573 e. The number of aliphatic carboxylic acids is 1. The lowest BCUT2D eigenvalue weighted by Gasteiger charge is -2.42. The summed E-state index contributed by atoms with van der Waals surface area (Å²) in [6.45, 7) is 2.15. The first-order valence-electron chi connectivity index (χ1n) is 7.84. The van der Waals surface area contributed by atoms with Crippen LogP contribution < -0.4 is 9.46 Å². The molecule has 0 amide bonds. The lowest BCUT2D eigenvalue weighted by atomic mass is 9.86. The first-order valence-corrected chi connectivity index (χ1v) is 9.33. The number of hydrogen-bond acceptors (Lipinski definition) is 5. The van der Waals surface area contributed by atoms with E-state index in [1.807, 2.05) is 0 Å². The zero-order chi connectivity index (χ0) is 19.5. The highest BCUT2D eigenvalue weighted by atomic mass is 32.2. The van der Waals surface area contributed by atoms with E-state index in [0.717, 1.165) is 12.1 Å². The van der Waals surface area contributed by atoms with Gasteiger partial charge in [0.1, 0.15) is 10.6 Å². The molecule has 11 heteroatoms. The number of nitrogens with zero attached hydrogens (tertiary/aromatic N) is 1. The number of benzene rings is 1. The molecule has 2 rings (SSSR count). The Morgan fingerprint density at radius 2 is 1.96 bits per heavy atom. The van der Waals surface area contributed by atoms with Gasteiger partial charge in [0, 0.05) is 12.1 Å². The number of rotatable bonds is 8. The summed E-state index contributed by atoms with van der Waals surface area (Å²) in [7, 11) is -4.21. The Kier molecular flexibility index (Phi) is 6.14. The van der Waals surface area contributed by atoms with E-state index in [0.29, 0.717) is 19.4 Å². The summed E-state index contributed by atoms with van der Waals surface area (Å²) in [5.74, 6) is -1.78. The van der Waals surface area contributed by atoms with Crippen LogP contribution in [0.15, 0.2) is 29.2 Å². The highest BCUT2D eigenvalue weighted by molar-refractivity contribution is 7.89. The van der Waals surface area contributed by atoms with Crippen LogP contribution >= 0.6 is 0 Å². The maximum Gasteiger partial charge on any atom is 0.573 e. The first-order chi connectivity index (χ1) is 12.0. The van der Waals surface area contributed by atoms with E-state index in [4.69, 9.17) is 5.11 Å². The van der Waals surface area contributed by atoms with Crippen molar-refractivity contribution in [1.82, 2.24) is 9.62 Å². The molecule has 0 spiro atoms. The van der Waals surface area contributed by atoms with Crippen molar-refractivity contribution in [2.75, 3.05) is 13.1 Å². The molecule has 1 aliphatic carbocycles. The van der Waals surface area contributed by atoms with Crippen molar-refractivity contribution in [1.29, 1.82) is 0 Å². The molecule has 0 aromatic heterocycles. The summed E-state index contributed by atoms with van der Waals surface area (Å²) in [5, 5.41) is 8.85. The van der Waals surface area contributed by atoms with E-state index in [9.17, 15) is 26.4 Å². The number of likely N-dealkylation sites (N-methyl/N-ethyl adjacent to an activating group) is 1. The molecule has 0 atom stereocenters. The van der Waals surface area contributed by atoms with Gasteiger partial charge in [-0.25, -0.2) is 13.1 Å². The quantitative estimate of drug-likeness (QED) is 0.696. The lowest BCUT2D eigenvalue weighted by Crippen LogP contribution is -2.54. The van der Waals surface area contributed by atoms with Crippen molar-refractivity contribution in [3.63, 3.8) is 0 Å². The van der Waals surface area contributed by atoms with Crippen molar-refractivity contribution in [2.45, 2.75) is 43.1 Å². The molecule has 0 aliphatic heterocycles. The fraction of sp³-hybridized carbons (Fsp3) is 0.533. The topological polar surface area (TPSA) is 95.9 Å². The van der Waals surface area contributed by atoms with Gasteiger partial charge < -0.3 is 9.84 Å². The highest BCUT2D eigenvalue weighted by Crippen LogP contribution is 2.31. The Labute approximate surface area is 148 Å². The summed E-state index contributed by atoms with van der Waals surface area (Å²) in [5.41, 5.74) is 0. The number of para-hydroxylation sites is 1. The molecule has 0 radical (unpaired) electrons. The molecule has 1 fully saturated rings. The molecule has 0 unspecified atom stereocenters. The summed E-state index contributed by atoms with van der Waals surface area (Å²) in [6, 6.07) is 3.93. The minimum Gasteiger partial charge on any atom is -0.480 e. The molecule has 1 saturated carbocycles. The molecule has 1 aromatic rings. The van der Waals surface area contributed by atoms with Gasteiger partial charge in [0.15, 0.2) is 0 Å². The average Bonchev–Trinajstić information content (AvgIpc) is 2.47. The van der Waals surface area contributed by atoms with E-state index < -0.39 is 39.0 Å². The lowest BCUT2D eigenvalue weighted by molar-refractivity contribution is -0.275. The van der Waals surface area contributed by atoms with E-state index in [1.54, 1.807) is 11.8 Å². The third-order valence-electron chi connectivity index (χ3n) is 4.06. The zero-order valence-electron chi connectivity index (χ0n) is 13.9. The molecular weight excluding hydrogens is 377 g/mol.